The van der Waals surface area contributed by atoms with Crippen LogP contribution in [0.5, 0.6) is 0 Å². The van der Waals surface area contributed by atoms with Gasteiger partial charge in [-0.2, -0.15) is 5.10 Å². The molecule has 0 saturated carbocycles. The van der Waals surface area contributed by atoms with Gasteiger partial charge in [0.05, 0.1) is 6.21 Å². The number of anilines is 1. The molecule has 0 unspecified atom stereocenters. The molecule has 0 saturated heterocycles. The normalized spacial score (nSPS) is 10.8. The number of nitrogen functional groups attached to an aromatic ring is 1. The van der Waals surface area contributed by atoms with Gasteiger partial charge in [-0.3, -0.25) is 0 Å². The Bertz CT molecular complexity index is 506. The standard InChI is InChI=1S/C9H9ClN6/c10-8-4-2-1-3-7(8)5-12-14-9-15-13-6-16(9)11/h1-6H,11H2,(H,14,15). The quantitative estimate of drug-likeness (QED) is 0.475. The molecule has 6 nitrogen and oxygen atoms in total. The first-order valence-electron chi connectivity index (χ1n) is 4.46. The summed E-state index contributed by atoms with van der Waals surface area (Å²) in [6, 6.07) is 7.36. The number of halogens is 1. The molecule has 1 aromatic carbocycles. The minimum atomic E-state index is 0.350. The van der Waals surface area contributed by atoms with Crippen molar-refractivity contribution in [2.75, 3.05) is 11.3 Å². The van der Waals surface area contributed by atoms with Gasteiger partial charge in [-0.25, -0.2) is 10.1 Å². The van der Waals surface area contributed by atoms with Crippen LogP contribution in [0.25, 0.3) is 0 Å². The Hall–Kier alpha value is -2.08. The summed E-state index contributed by atoms with van der Waals surface area (Å²) in [5.74, 6) is 5.83. The highest BCUT2D eigenvalue weighted by Gasteiger charge is 1.97. The summed E-state index contributed by atoms with van der Waals surface area (Å²) in [4.78, 5) is 0. The first-order chi connectivity index (χ1) is 7.77. The van der Waals surface area contributed by atoms with Crippen molar-refractivity contribution in [2.24, 2.45) is 5.10 Å². The summed E-state index contributed by atoms with van der Waals surface area (Å²) in [6.07, 6.45) is 2.95. The van der Waals surface area contributed by atoms with E-state index in [1.165, 1.54) is 11.0 Å². The van der Waals surface area contributed by atoms with Crippen LogP contribution in [0, 0.1) is 0 Å². The van der Waals surface area contributed by atoms with Crippen molar-refractivity contribution in [3.05, 3.63) is 41.2 Å². The third-order valence-electron chi connectivity index (χ3n) is 1.85. The maximum Gasteiger partial charge on any atom is 0.263 e. The van der Waals surface area contributed by atoms with Crippen LogP contribution in [0.2, 0.25) is 5.02 Å². The Morgan fingerprint density at radius 1 is 1.44 bits per heavy atom. The van der Waals surface area contributed by atoms with E-state index in [4.69, 9.17) is 17.4 Å². The molecule has 0 amide bonds. The van der Waals surface area contributed by atoms with E-state index >= 15 is 0 Å². The summed E-state index contributed by atoms with van der Waals surface area (Å²) < 4.78 is 1.23. The fraction of sp³-hybridized carbons (Fsp3) is 0. The Balaban J connectivity index is 2.06. The van der Waals surface area contributed by atoms with Gasteiger partial charge in [0.1, 0.15) is 6.33 Å². The lowest BCUT2D eigenvalue weighted by atomic mass is 10.2. The first-order valence-corrected chi connectivity index (χ1v) is 4.84. The minimum absolute atomic E-state index is 0.350. The second-order valence-electron chi connectivity index (χ2n) is 2.95. The van der Waals surface area contributed by atoms with E-state index < -0.39 is 0 Å². The van der Waals surface area contributed by atoms with Gasteiger partial charge in [-0.05, 0) is 6.07 Å². The summed E-state index contributed by atoms with van der Waals surface area (Å²) >= 11 is 5.94. The Kier molecular flexibility index (Phi) is 3.02. The molecular weight excluding hydrogens is 228 g/mol. The summed E-state index contributed by atoms with van der Waals surface area (Å²) in [7, 11) is 0. The van der Waals surface area contributed by atoms with Gasteiger partial charge in [-0.15, -0.1) is 10.2 Å². The maximum absolute atomic E-state index is 5.94. The van der Waals surface area contributed by atoms with Crippen molar-refractivity contribution in [3.63, 3.8) is 0 Å². The fourth-order valence-electron chi connectivity index (χ4n) is 1.06. The maximum atomic E-state index is 5.94. The molecule has 2 aromatic rings. The van der Waals surface area contributed by atoms with Gasteiger partial charge < -0.3 is 5.84 Å². The molecule has 0 spiro atoms. The Labute approximate surface area is 96.7 Å². The Morgan fingerprint density at radius 3 is 2.94 bits per heavy atom. The number of nitrogens with one attached hydrogen (secondary N) is 1. The van der Waals surface area contributed by atoms with Crippen molar-refractivity contribution in [1.29, 1.82) is 0 Å². The van der Waals surface area contributed by atoms with Crippen molar-refractivity contribution in [2.45, 2.75) is 0 Å². The number of nitrogens with zero attached hydrogens (tertiary/aromatic N) is 4. The third-order valence-corrected chi connectivity index (χ3v) is 2.19. The lowest BCUT2D eigenvalue weighted by Gasteiger charge is -1.98. The summed E-state index contributed by atoms with van der Waals surface area (Å²) in [5.41, 5.74) is 3.45. The van der Waals surface area contributed by atoms with Crippen LogP contribution in [0.15, 0.2) is 35.7 Å². The van der Waals surface area contributed by atoms with Gasteiger partial charge in [0.25, 0.3) is 5.95 Å². The number of hydrogen-bond acceptors (Lipinski definition) is 5. The fourth-order valence-corrected chi connectivity index (χ4v) is 1.25. The van der Waals surface area contributed by atoms with Crippen molar-refractivity contribution in [1.82, 2.24) is 14.9 Å². The van der Waals surface area contributed by atoms with E-state index in [0.29, 0.717) is 11.0 Å². The number of nitrogens with two attached hydrogens (primary N) is 1. The molecule has 0 radical (unpaired) electrons. The van der Waals surface area contributed by atoms with Crippen molar-refractivity contribution >= 4 is 23.8 Å². The predicted molar refractivity (Wildman–Crippen MR) is 62.8 cm³/mol. The molecule has 1 heterocycles. The van der Waals surface area contributed by atoms with Crippen LogP contribution < -0.4 is 11.3 Å². The number of aromatic nitrogens is 3. The van der Waals surface area contributed by atoms with Gasteiger partial charge in [0.2, 0.25) is 0 Å². The van der Waals surface area contributed by atoms with Gasteiger partial charge >= 0.3 is 0 Å². The molecule has 0 atom stereocenters. The average molecular weight is 237 g/mol. The molecule has 1 aromatic heterocycles. The third kappa shape index (κ3) is 2.29. The molecule has 2 rings (SSSR count). The molecular formula is C9H9ClN6. The highest BCUT2D eigenvalue weighted by atomic mass is 35.5. The van der Waals surface area contributed by atoms with Crippen LogP contribution in [0.1, 0.15) is 5.56 Å². The van der Waals surface area contributed by atoms with E-state index in [2.05, 4.69) is 20.7 Å². The second kappa shape index (κ2) is 4.63. The van der Waals surface area contributed by atoms with E-state index in [0.717, 1.165) is 5.56 Å². The molecule has 0 fully saturated rings. The predicted octanol–water partition coefficient (Wildman–Crippen LogP) is 1.09. The summed E-state index contributed by atoms with van der Waals surface area (Å²) in [6.45, 7) is 0. The molecule has 0 aliphatic carbocycles. The smallest absolute Gasteiger partial charge is 0.263 e. The van der Waals surface area contributed by atoms with Crippen LogP contribution in [0.3, 0.4) is 0 Å². The summed E-state index contributed by atoms with van der Waals surface area (Å²) in [5, 5.41) is 11.9. The molecule has 3 N–H and O–H groups in total. The molecule has 0 aliphatic heterocycles. The Morgan fingerprint density at radius 2 is 2.25 bits per heavy atom. The largest absolute Gasteiger partial charge is 0.335 e. The SMILES string of the molecule is Nn1cnnc1NN=Cc1ccccc1Cl. The monoisotopic (exact) mass is 236 g/mol. The number of hydrazone groups is 1. The van der Waals surface area contributed by atoms with Crippen LogP contribution in [-0.2, 0) is 0 Å². The molecule has 0 aliphatic rings. The second-order valence-corrected chi connectivity index (χ2v) is 3.36. The van der Waals surface area contributed by atoms with E-state index in [1.807, 2.05) is 18.2 Å². The van der Waals surface area contributed by atoms with Gasteiger partial charge in [0, 0.05) is 10.6 Å². The lowest BCUT2D eigenvalue weighted by Crippen LogP contribution is -2.10. The van der Waals surface area contributed by atoms with Gasteiger partial charge in [-0.1, -0.05) is 29.8 Å². The minimum Gasteiger partial charge on any atom is -0.335 e. The molecule has 0 bridgehead atoms. The zero-order valence-corrected chi connectivity index (χ0v) is 8.96. The topological polar surface area (TPSA) is 81.1 Å². The number of hydrogen-bond donors (Lipinski definition) is 2. The highest BCUT2D eigenvalue weighted by molar-refractivity contribution is 6.33. The van der Waals surface area contributed by atoms with Crippen molar-refractivity contribution < 1.29 is 0 Å². The van der Waals surface area contributed by atoms with E-state index in [9.17, 15) is 0 Å². The highest BCUT2D eigenvalue weighted by Crippen LogP contribution is 2.12. The molecule has 7 heteroatoms. The van der Waals surface area contributed by atoms with E-state index in [-0.39, 0.29) is 0 Å². The zero-order valence-electron chi connectivity index (χ0n) is 8.21. The van der Waals surface area contributed by atoms with Gasteiger partial charge in [0.15, 0.2) is 0 Å². The van der Waals surface area contributed by atoms with Crippen molar-refractivity contribution in [3.8, 4) is 0 Å². The number of rotatable bonds is 3. The average Bonchev–Trinajstić information content (AvgIpc) is 2.67. The lowest BCUT2D eigenvalue weighted by molar-refractivity contribution is 0.988. The van der Waals surface area contributed by atoms with Crippen LogP contribution in [0.4, 0.5) is 5.95 Å². The van der Waals surface area contributed by atoms with Crippen LogP contribution in [-0.4, -0.2) is 21.1 Å². The molecule has 16 heavy (non-hydrogen) atoms. The van der Waals surface area contributed by atoms with Crippen LogP contribution >= 0.6 is 11.6 Å². The zero-order chi connectivity index (χ0) is 11.4. The first kappa shape index (κ1) is 10.4. The number of benzene rings is 1. The molecule has 82 valence electrons. The van der Waals surface area contributed by atoms with E-state index in [1.54, 1.807) is 12.3 Å².